The maximum atomic E-state index is 13.5. The lowest BCUT2D eigenvalue weighted by molar-refractivity contribution is 0.0994. The number of hydrogen-bond acceptors (Lipinski definition) is 2. The number of hydrogen-bond donors (Lipinski definition) is 0. The molecule has 0 aliphatic carbocycles. The van der Waals surface area contributed by atoms with Crippen LogP contribution in [-0.2, 0) is 6.42 Å². The molecular weight excluding hydrogens is 339 g/mol. The van der Waals surface area contributed by atoms with Gasteiger partial charge in [-0.2, -0.15) is 0 Å². The van der Waals surface area contributed by atoms with Crippen LogP contribution >= 0.6 is 27.3 Å². The van der Waals surface area contributed by atoms with E-state index < -0.39 is 0 Å². The molecule has 3 rings (SSSR count). The molecule has 0 bridgehead atoms. The number of halogens is 2. The molecule has 0 amide bonds. The molecule has 4 heteroatoms. The quantitative estimate of drug-likeness (QED) is 0.592. The van der Waals surface area contributed by atoms with Crippen LogP contribution in [0.15, 0.2) is 52.3 Å². The summed E-state index contributed by atoms with van der Waals surface area (Å²) in [5, 5.41) is 2.84. The SMILES string of the molecule is O=C(Cc1cccc(F)c1Br)c1csc2ccccc12. The van der Waals surface area contributed by atoms with Crippen LogP contribution in [0.4, 0.5) is 4.39 Å². The van der Waals surface area contributed by atoms with Crippen LogP contribution in [0, 0.1) is 5.82 Å². The van der Waals surface area contributed by atoms with Gasteiger partial charge in [0.2, 0.25) is 0 Å². The monoisotopic (exact) mass is 348 g/mol. The molecule has 0 saturated heterocycles. The Kier molecular flexibility index (Phi) is 3.68. The van der Waals surface area contributed by atoms with Crippen molar-refractivity contribution in [1.29, 1.82) is 0 Å². The van der Waals surface area contributed by atoms with Crippen LogP contribution in [-0.4, -0.2) is 5.78 Å². The topological polar surface area (TPSA) is 17.1 Å². The van der Waals surface area contributed by atoms with Gasteiger partial charge < -0.3 is 0 Å². The number of carbonyl (C=O) groups excluding carboxylic acids is 1. The first kappa shape index (κ1) is 13.5. The lowest BCUT2D eigenvalue weighted by atomic mass is 10.0. The summed E-state index contributed by atoms with van der Waals surface area (Å²) in [7, 11) is 0. The van der Waals surface area contributed by atoms with E-state index in [1.807, 2.05) is 29.6 Å². The van der Waals surface area contributed by atoms with Gasteiger partial charge in [0, 0.05) is 27.5 Å². The average Bonchev–Trinajstić information content (AvgIpc) is 2.88. The van der Waals surface area contributed by atoms with Crippen LogP contribution in [0.5, 0.6) is 0 Å². The molecule has 2 aromatic carbocycles. The van der Waals surface area contributed by atoms with Crippen molar-refractivity contribution in [3.63, 3.8) is 0 Å². The fourth-order valence-electron chi connectivity index (χ4n) is 2.15. The molecule has 0 spiro atoms. The molecule has 0 unspecified atom stereocenters. The Morgan fingerprint density at radius 3 is 2.80 bits per heavy atom. The Morgan fingerprint density at radius 2 is 1.95 bits per heavy atom. The number of Topliss-reactive ketones (excluding diaryl/α,β-unsaturated/α-hetero) is 1. The lowest BCUT2D eigenvalue weighted by Crippen LogP contribution is -2.04. The van der Waals surface area contributed by atoms with Gasteiger partial charge in [0.15, 0.2) is 5.78 Å². The van der Waals surface area contributed by atoms with Crippen molar-refractivity contribution < 1.29 is 9.18 Å². The van der Waals surface area contributed by atoms with Crippen molar-refractivity contribution in [1.82, 2.24) is 0 Å². The van der Waals surface area contributed by atoms with Crippen LogP contribution in [0.1, 0.15) is 15.9 Å². The number of carbonyl (C=O) groups is 1. The molecule has 0 atom stereocenters. The fraction of sp³-hybridized carbons (Fsp3) is 0.0625. The van der Waals surface area contributed by atoms with E-state index in [1.165, 1.54) is 6.07 Å². The number of fused-ring (bicyclic) bond motifs is 1. The third-order valence-corrected chi connectivity index (χ3v) is 5.02. The first-order valence-corrected chi connectivity index (χ1v) is 7.76. The molecule has 3 aromatic rings. The van der Waals surface area contributed by atoms with Crippen molar-refractivity contribution in [2.24, 2.45) is 0 Å². The van der Waals surface area contributed by atoms with Crippen LogP contribution < -0.4 is 0 Å². The van der Waals surface area contributed by atoms with E-state index >= 15 is 0 Å². The number of benzene rings is 2. The van der Waals surface area contributed by atoms with Crippen molar-refractivity contribution in [3.05, 3.63) is 69.3 Å². The minimum absolute atomic E-state index is 0.00810. The summed E-state index contributed by atoms with van der Waals surface area (Å²) in [6.07, 6.45) is 0.194. The molecule has 0 aliphatic heterocycles. The maximum absolute atomic E-state index is 13.5. The molecule has 20 heavy (non-hydrogen) atoms. The van der Waals surface area contributed by atoms with E-state index in [1.54, 1.807) is 23.5 Å². The van der Waals surface area contributed by atoms with Crippen LogP contribution in [0.3, 0.4) is 0 Å². The Morgan fingerprint density at radius 1 is 1.15 bits per heavy atom. The van der Waals surface area contributed by atoms with Gasteiger partial charge >= 0.3 is 0 Å². The maximum Gasteiger partial charge on any atom is 0.168 e. The molecule has 100 valence electrons. The number of ketones is 1. The van der Waals surface area contributed by atoms with Crippen LogP contribution in [0.25, 0.3) is 10.1 Å². The predicted molar refractivity (Wildman–Crippen MR) is 84.0 cm³/mol. The summed E-state index contributed by atoms with van der Waals surface area (Å²) in [6.45, 7) is 0. The van der Waals surface area contributed by atoms with Gasteiger partial charge in [-0.15, -0.1) is 11.3 Å². The zero-order valence-electron chi connectivity index (χ0n) is 10.4. The summed E-state index contributed by atoms with van der Waals surface area (Å²) in [5.41, 5.74) is 1.38. The van der Waals surface area contributed by atoms with Crippen molar-refractivity contribution in [2.75, 3.05) is 0 Å². The minimum atomic E-state index is -0.342. The zero-order chi connectivity index (χ0) is 14.1. The first-order chi connectivity index (χ1) is 9.66. The zero-order valence-corrected chi connectivity index (χ0v) is 12.8. The normalized spacial score (nSPS) is 10.9. The molecule has 1 nitrogen and oxygen atoms in total. The molecule has 0 saturated carbocycles. The molecule has 1 heterocycles. The van der Waals surface area contributed by atoms with Gasteiger partial charge in [0.05, 0.1) is 4.47 Å². The van der Waals surface area contributed by atoms with E-state index in [0.717, 1.165) is 10.1 Å². The summed E-state index contributed by atoms with van der Waals surface area (Å²) in [5.74, 6) is -0.334. The van der Waals surface area contributed by atoms with Gasteiger partial charge in [0.1, 0.15) is 5.82 Å². The highest BCUT2D eigenvalue weighted by Crippen LogP contribution is 2.28. The standard InChI is InChI=1S/C16H10BrFOS/c17-16-10(4-3-6-13(16)18)8-14(19)12-9-20-15-7-2-1-5-11(12)15/h1-7,9H,8H2. The van der Waals surface area contributed by atoms with Gasteiger partial charge in [-0.3, -0.25) is 4.79 Å². The minimum Gasteiger partial charge on any atom is -0.294 e. The lowest BCUT2D eigenvalue weighted by Gasteiger charge is -2.04. The Labute approximate surface area is 128 Å². The highest BCUT2D eigenvalue weighted by Gasteiger charge is 2.15. The van der Waals surface area contributed by atoms with Crippen molar-refractivity contribution in [3.8, 4) is 0 Å². The Balaban J connectivity index is 1.95. The largest absolute Gasteiger partial charge is 0.294 e. The van der Waals surface area contributed by atoms with E-state index in [4.69, 9.17) is 0 Å². The molecule has 0 fully saturated rings. The molecule has 1 aromatic heterocycles. The average molecular weight is 349 g/mol. The first-order valence-electron chi connectivity index (χ1n) is 6.09. The molecule has 0 aliphatic rings. The Bertz CT molecular complexity index is 794. The highest BCUT2D eigenvalue weighted by molar-refractivity contribution is 9.10. The summed E-state index contributed by atoms with van der Waals surface area (Å²) in [6, 6.07) is 12.6. The van der Waals surface area contributed by atoms with Crippen LogP contribution in [0.2, 0.25) is 0 Å². The molecule has 0 N–H and O–H groups in total. The second kappa shape index (κ2) is 5.46. The third-order valence-electron chi connectivity index (χ3n) is 3.16. The second-order valence-electron chi connectivity index (χ2n) is 4.46. The number of rotatable bonds is 3. The summed E-state index contributed by atoms with van der Waals surface area (Å²) < 4.78 is 14.9. The fourth-order valence-corrected chi connectivity index (χ4v) is 3.52. The highest BCUT2D eigenvalue weighted by atomic mass is 79.9. The van der Waals surface area contributed by atoms with E-state index in [0.29, 0.717) is 15.6 Å². The summed E-state index contributed by atoms with van der Waals surface area (Å²) >= 11 is 4.75. The predicted octanol–water partition coefficient (Wildman–Crippen LogP) is 5.23. The molecule has 0 radical (unpaired) electrons. The van der Waals surface area contributed by atoms with Crippen molar-refractivity contribution in [2.45, 2.75) is 6.42 Å². The second-order valence-corrected chi connectivity index (χ2v) is 6.16. The van der Waals surface area contributed by atoms with E-state index in [-0.39, 0.29) is 18.0 Å². The number of thiophene rings is 1. The Hall–Kier alpha value is -1.52. The van der Waals surface area contributed by atoms with Gasteiger partial charge in [-0.25, -0.2) is 4.39 Å². The van der Waals surface area contributed by atoms with Crippen molar-refractivity contribution >= 4 is 43.1 Å². The van der Waals surface area contributed by atoms with Gasteiger partial charge in [-0.1, -0.05) is 30.3 Å². The van der Waals surface area contributed by atoms with Gasteiger partial charge in [-0.05, 0) is 33.6 Å². The van der Waals surface area contributed by atoms with E-state index in [2.05, 4.69) is 15.9 Å². The van der Waals surface area contributed by atoms with E-state index in [9.17, 15) is 9.18 Å². The van der Waals surface area contributed by atoms with Gasteiger partial charge in [0.25, 0.3) is 0 Å². The molecular formula is C16H10BrFOS. The third kappa shape index (κ3) is 2.41. The summed E-state index contributed by atoms with van der Waals surface area (Å²) in [4.78, 5) is 12.4. The smallest absolute Gasteiger partial charge is 0.168 e.